The van der Waals surface area contributed by atoms with Gasteiger partial charge in [-0.25, -0.2) is 0 Å². The Morgan fingerprint density at radius 3 is 2.54 bits per heavy atom. The summed E-state index contributed by atoms with van der Waals surface area (Å²) in [4.78, 5) is 31.9. The minimum absolute atomic E-state index is 0.0793. The van der Waals surface area contributed by atoms with E-state index in [1.165, 1.54) is 42.4 Å². The molecule has 0 bridgehead atoms. The van der Waals surface area contributed by atoms with E-state index in [4.69, 9.17) is 0 Å². The average molecular weight is 474 g/mol. The summed E-state index contributed by atoms with van der Waals surface area (Å²) in [7, 11) is 1.80. The lowest BCUT2D eigenvalue weighted by molar-refractivity contribution is -0.127. The lowest BCUT2D eigenvalue weighted by Crippen LogP contribution is -2.40. The molecule has 1 unspecified atom stereocenters. The Bertz CT molecular complexity index is 1030. The summed E-state index contributed by atoms with van der Waals surface area (Å²) in [5.41, 5.74) is 5.28. The van der Waals surface area contributed by atoms with Crippen molar-refractivity contribution in [3.8, 4) is 0 Å². The van der Waals surface area contributed by atoms with E-state index in [0.29, 0.717) is 13.0 Å². The highest BCUT2D eigenvalue weighted by molar-refractivity contribution is 5.99. The summed E-state index contributed by atoms with van der Waals surface area (Å²) in [6.07, 6.45) is 8.43. The first kappa shape index (κ1) is 24.1. The average Bonchev–Trinajstić information content (AvgIpc) is 3.48. The largest absolute Gasteiger partial charge is 0.345 e. The molecule has 2 amide bonds. The molecule has 3 aliphatic rings. The number of hydrogen-bond donors (Lipinski definition) is 0. The van der Waals surface area contributed by atoms with Crippen LogP contribution in [0.1, 0.15) is 48.8 Å². The highest BCUT2D eigenvalue weighted by Gasteiger charge is 2.35. The van der Waals surface area contributed by atoms with Gasteiger partial charge in [0.25, 0.3) is 0 Å². The predicted molar refractivity (Wildman–Crippen MR) is 140 cm³/mol. The number of likely N-dealkylation sites (tertiary alicyclic amines) is 2. The number of carbonyl (C=O) groups excluding carboxylic acids is 2. The van der Waals surface area contributed by atoms with Gasteiger partial charge in [0, 0.05) is 32.2 Å². The van der Waals surface area contributed by atoms with E-state index >= 15 is 0 Å². The van der Waals surface area contributed by atoms with Gasteiger partial charge in [0.2, 0.25) is 11.8 Å². The molecule has 2 saturated heterocycles. The molecule has 0 saturated carbocycles. The summed E-state index contributed by atoms with van der Waals surface area (Å²) in [5, 5.41) is 0. The zero-order chi connectivity index (χ0) is 24.2. The van der Waals surface area contributed by atoms with Gasteiger partial charge in [0.05, 0.1) is 5.92 Å². The smallest absolute Gasteiger partial charge is 0.232 e. The molecule has 1 aliphatic carbocycles. The Labute approximate surface area is 210 Å². The van der Waals surface area contributed by atoms with Gasteiger partial charge in [0.15, 0.2) is 0 Å². The monoisotopic (exact) mass is 473 g/mol. The van der Waals surface area contributed by atoms with Crippen molar-refractivity contribution in [2.24, 2.45) is 11.8 Å². The minimum atomic E-state index is -0.227. The molecule has 2 heterocycles. The molecule has 2 aromatic rings. The fraction of sp³-hybridized carbons (Fsp3) is 0.533. The van der Waals surface area contributed by atoms with Crippen molar-refractivity contribution < 1.29 is 9.59 Å². The Morgan fingerprint density at radius 1 is 1.03 bits per heavy atom. The van der Waals surface area contributed by atoms with E-state index in [2.05, 4.69) is 53.4 Å². The second-order valence-electron chi connectivity index (χ2n) is 10.8. The van der Waals surface area contributed by atoms with Crippen LogP contribution in [0.3, 0.4) is 0 Å². The fourth-order valence-corrected chi connectivity index (χ4v) is 6.16. The number of piperidine rings is 1. The normalized spacial score (nSPS) is 20.9. The zero-order valence-corrected chi connectivity index (χ0v) is 21.1. The quantitative estimate of drug-likeness (QED) is 0.573. The van der Waals surface area contributed by atoms with Crippen LogP contribution in [0, 0.1) is 11.8 Å². The number of aryl methyl sites for hydroxylation is 2. The van der Waals surface area contributed by atoms with Gasteiger partial charge in [-0.05, 0) is 99.3 Å². The lowest BCUT2D eigenvalue weighted by atomic mass is 9.90. The molecule has 2 aromatic carbocycles. The maximum absolute atomic E-state index is 13.6. The van der Waals surface area contributed by atoms with Crippen molar-refractivity contribution in [1.82, 2.24) is 9.80 Å². The van der Waals surface area contributed by atoms with Crippen molar-refractivity contribution in [2.75, 3.05) is 44.7 Å². The first-order chi connectivity index (χ1) is 17.1. The molecular formula is C30H39N3O2. The van der Waals surface area contributed by atoms with Crippen LogP contribution in [0.5, 0.6) is 0 Å². The van der Waals surface area contributed by atoms with Crippen LogP contribution in [0.2, 0.25) is 0 Å². The van der Waals surface area contributed by atoms with E-state index in [1.54, 1.807) is 11.9 Å². The maximum Gasteiger partial charge on any atom is 0.232 e. The van der Waals surface area contributed by atoms with Gasteiger partial charge in [0.1, 0.15) is 0 Å². The van der Waals surface area contributed by atoms with Crippen LogP contribution in [0.15, 0.2) is 48.5 Å². The molecule has 186 valence electrons. The van der Waals surface area contributed by atoms with Crippen LogP contribution in [-0.4, -0.2) is 61.4 Å². The topological polar surface area (TPSA) is 43.9 Å². The number of fused-ring (bicyclic) bond motifs is 1. The Hall–Kier alpha value is -2.66. The number of benzene rings is 2. The van der Waals surface area contributed by atoms with Crippen molar-refractivity contribution in [2.45, 2.75) is 51.4 Å². The van der Waals surface area contributed by atoms with Crippen molar-refractivity contribution in [1.29, 1.82) is 0 Å². The maximum atomic E-state index is 13.6. The molecular weight excluding hydrogens is 434 g/mol. The third kappa shape index (κ3) is 5.78. The number of nitrogens with zero attached hydrogens (tertiary/aromatic N) is 3. The summed E-state index contributed by atoms with van der Waals surface area (Å²) in [6.45, 7) is 4.57. The van der Waals surface area contributed by atoms with Gasteiger partial charge in [-0.15, -0.1) is 0 Å². The van der Waals surface area contributed by atoms with Crippen LogP contribution in [-0.2, 0) is 28.9 Å². The SMILES string of the molecule is CN1CC(C(=O)N(CCCN2CCC(Cc3ccccc3)CC2)c2ccc3c(c2)CCC3)CC1=O. The fourth-order valence-electron chi connectivity index (χ4n) is 6.16. The third-order valence-corrected chi connectivity index (χ3v) is 8.28. The first-order valence-electron chi connectivity index (χ1n) is 13.5. The summed E-state index contributed by atoms with van der Waals surface area (Å²) < 4.78 is 0. The zero-order valence-electron chi connectivity index (χ0n) is 21.1. The van der Waals surface area contributed by atoms with E-state index in [0.717, 1.165) is 57.0 Å². The van der Waals surface area contributed by atoms with E-state index in [-0.39, 0.29) is 17.7 Å². The predicted octanol–water partition coefficient (Wildman–Crippen LogP) is 4.33. The number of carbonyl (C=O) groups is 2. The minimum Gasteiger partial charge on any atom is -0.345 e. The number of amides is 2. The third-order valence-electron chi connectivity index (χ3n) is 8.28. The molecule has 5 nitrogen and oxygen atoms in total. The Kier molecular flexibility index (Phi) is 7.52. The van der Waals surface area contributed by atoms with Gasteiger partial charge >= 0.3 is 0 Å². The van der Waals surface area contributed by atoms with Gasteiger partial charge in [-0.2, -0.15) is 0 Å². The molecule has 5 rings (SSSR count). The van der Waals surface area contributed by atoms with Crippen LogP contribution in [0.4, 0.5) is 5.69 Å². The van der Waals surface area contributed by atoms with Crippen LogP contribution in [0.25, 0.3) is 0 Å². The standard InChI is InChI=1S/C30H39N3O2/c1-31-22-27(21-29(31)34)30(35)33(28-12-11-25-9-5-10-26(25)20-28)16-6-15-32-17-13-24(14-18-32)19-23-7-3-2-4-8-23/h2-4,7-8,11-12,20,24,27H,5-6,9-10,13-19,21-22H2,1H3. The first-order valence-corrected chi connectivity index (χ1v) is 13.5. The van der Waals surface area contributed by atoms with Crippen LogP contribution >= 0.6 is 0 Å². The summed E-state index contributed by atoms with van der Waals surface area (Å²) in [6, 6.07) is 17.4. The van der Waals surface area contributed by atoms with E-state index in [1.807, 2.05) is 4.90 Å². The highest BCUT2D eigenvalue weighted by atomic mass is 16.2. The molecule has 0 radical (unpaired) electrons. The molecule has 35 heavy (non-hydrogen) atoms. The molecule has 0 N–H and O–H groups in total. The molecule has 0 spiro atoms. The second kappa shape index (κ2) is 10.9. The van der Waals surface area contributed by atoms with Crippen LogP contribution < -0.4 is 4.90 Å². The Morgan fingerprint density at radius 2 is 1.80 bits per heavy atom. The summed E-state index contributed by atoms with van der Waals surface area (Å²) >= 11 is 0. The number of rotatable bonds is 8. The van der Waals surface area contributed by atoms with Gasteiger partial charge in [-0.3, -0.25) is 9.59 Å². The Balaban J connectivity index is 1.17. The molecule has 2 fully saturated rings. The molecule has 1 atom stereocenters. The van der Waals surface area contributed by atoms with E-state index < -0.39 is 0 Å². The van der Waals surface area contributed by atoms with Gasteiger partial charge < -0.3 is 14.7 Å². The van der Waals surface area contributed by atoms with E-state index in [9.17, 15) is 9.59 Å². The summed E-state index contributed by atoms with van der Waals surface area (Å²) in [5.74, 6) is 0.738. The number of anilines is 1. The second-order valence-corrected chi connectivity index (χ2v) is 10.8. The van der Waals surface area contributed by atoms with Crippen molar-refractivity contribution >= 4 is 17.5 Å². The van der Waals surface area contributed by atoms with Gasteiger partial charge in [-0.1, -0.05) is 36.4 Å². The number of hydrogen-bond acceptors (Lipinski definition) is 3. The molecule has 0 aromatic heterocycles. The highest BCUT2D eigenvalue weighted by Crippen LogP contribution is 2.29. The molecule has 2 aliphatic heterocycles. The van der Waals surface area contributed by atoms with Crippen molar-refractivity contribution in [3.63, 3.8) is 0 Å². The molecule has 5 heteroatoms. The van der Waals surface area contributed by atoms with Crippen molar-refractivity contribution in [3.05, 3.63) is 65.2 Å². The lowest BCUT2D eigenvalue weighted by Gasteiger charge is -2.33.